The number of hydrazine groups is 1. The lowest BCUT2D eigenvalue weighted by Gasteiger charge is -2.16. The van der Waals surface area contributed by atoms with Gasteiger partial charge in [-0.05, 0) is 25.1 Å². The van der Waals surface area contributed by atoms with E-state index in [2.05, 4.69) is 5.43 Å². The Balaban J connectivity index is 2.25. The molecule has 0 amide bonds. The molecule has 18 heavy (non-hydrogen) atoms. The third-order valence-electron chi connectivity index (χ3n) is 2.76. The highest BCUT2D eigenvalue weighted by molar-refractivity contribution is 7.16. The van der Waals surface area contributed by atoms with Crippen LogP contribution < -0.4 is 11.3 Å². The van der Waals surface area contributed by atoms with Gasteiger partial charge in [0.15, 0.2) is 0 Å². The number of hydrogen-bond acceptors (Lipinski definition) is 3. The van der Waals surface area contributed by atoms with Crippen LogP contribution in [0.15, 0.2) is 30.3 Å². The van der Waals surface area contributed by atoms with E-state index in [0.29, 0.717) is 12.0 Å². The van der Waals surface area contributed by atoms with Crippen LogP contribution in [0.2, 0.25) is 4.34 Å². The zero-order valence-electron chi connectivity index (χ0n) is 9.91. The van der Waals surface area contributed by atoms with Crippen LogP contribution in [0.1, 0.15) is 22.0 Å². The average Bonchev–Trinajstić information content (AvgIpc) is 2.75. The first-order valence-electron chi connectivity index (χ1n) is 5.56. The Hall–Kier alpha value is -0.940. The summed E-state index contributed by atoms with van der Waals surface area (Å²) in [4.78, 5) is 1.07. The molecule has 2 aromatic rings. The molecular formula is C13H14ClFN2S. The number of rotatable bonds is 4. The second-order valence-electron chi connectivity index (χ2n) is 4.15. The number of aryl methyl sites for hydroxylation is 1. The van der Waals surface area contributed by atoms with Crippen LogP contribution in [0.25, 0.3) is 0 Å². The third-order valence-corrected chi connectivity index (χ3v) is 4.02. The molecule has 0 radical (unpaired) electrons. The molecule has 0 aliphatic rings. The number of halogens is 2. The summed E-state index contributed by atoms with van der Waals surface area (Å²) < 4.78 is 14.5. The molecule has 3 N–H and O–H groups in total. The van der Waals surface area contributed by atoms with Gasteiger partial charge in [-0.3, -0.25) is 11.3 Å². The van der Waals surface area contributed by atoms with Crippen LogP contribution in [0.3, 0.4) is 0 Å². The highest BCUT2D eigenvalue weighted by atomic mass is 35.5. The molecule has 0 saturated carbocycles. The Kier molecular flexibility index (Phi) is 4.35. The van der Waals surface area contributed by atoms with Crippen molar-refractivity contribution in [3.8, 4) is 0 Å². The average molecular weight is 285 g/mol. The minimum atomic E-state index is -0.250. The monoisotopic (exact) mass is 284 g/mol. The maximum atomic E-state index is 13.8. The van der Waals surface area contributed by atoms with E-state index in [-0.39, 0.29) is 11.9 Å². The minimum Gasteiger partial charge on any atom is -0.271 e. The van der Waals surface area contributed by atoms with Gasteiger partial charge in [0.1, 0.15) is 5.82 Å². The molecule has 0 aliphatic carbocycles. The third kappa shape index (κ3) is 3.09. The normalized spacial score (nSPS) is 12.7. The first kappa shape index (κ1) is 13.5. The molecule has 2 nitrogen and oxygen atoms in total. The molecule has 0 spiro atoms. The summed E-state index contributed by atoms with van der Waals surface area (Å²) in [5.41, 5.74) is 4.26. The predicted octanol–water partition coefficient (Wildman–Crippen LogP) is 3.60. The minimum absolute atomic E-state index is 0.244. The van der Waals surface area contributed by atoms with E-state index in [4.69, 9.17) is 17.4 Å². The van der Waals surface area contributed by atoms with Crippen molar-refractivity contribution < 1.29 is 4.39 Å². The molecule has 1 atom stereocenters. The second kappa shape index (κ2) is 5.80. The number of thiophene rings is 1. The van der Waals surface area contributed by atoms with Crippen LogP contribution in [0.4, 0.5) is 4.39 Å². The number of nitrogens with one attached hydrogen (secondary N) is 1. The lowest BCUT2D eigenvalue weighted by atomic mass is 10.0. The first-order valence-corrected chi connectivity index (χ1v) is 6.76. The van der Waals surface area contributed by atoms with Crippen molar-refractivity contribution in [3.05, 3.63) is 56.5 Å². The highest BCUT2D eigenvalue weighted by Crippen LogP contribution is 2.27. The summed E-state index contributed by atoms with van der Waals surface area (Å²) in [5, 5.41) is 0. The predicted molar refractivity (Wildman–Crippen MR) is 74.2 cm³/mol. The maximum Gasteiger partial charge on any atom is 0.128 e. The van der Waals surface area contributed by atoms with Gasteiger partial charge in [0.25, 0.3) is 0 Å². The quantitative estimate of drug-likeness (QED) is 0.665. The molecule has 1 unspecified atom stereocenters. The smallest absolute Gasteiger partial charge is 0.128 e. The second-order valence-corrected chi connectivity index (χ2v) is 5.95. The van der Waals surface area contributed by atoms with Crippen molar-refractivity contribution in [2.45, 2.75) is 19.4 Å². The summed E-state index contributed by atoms with van der Waals surface area (Å²) in [7, 11) is 0. The SMILES string of the molecule is Cc1ccc(F)c(C(Cc2ccc(Cl)s2)NN)c1. The van der Waals surface area contributed by atoms with Gasteiger partial charge in [-0.2, -0.15) is 0 Å². The molecule has 1 aromatic heterocycles. The molecule has 5 heteroatoms. The van der Waals surface area contributed by atoms with Crippen molar-refractivity contribution in [2.75, 3.05) is 0 Å². The van der Waals surface area contributed by atoms with Crippen LogP contribution in [0, 0.1) is 12.7 Å². The van der Waals surface area contributed by atoms with Gasteiger partial charge in [0, 0.05) is 16.9 Å². The highest BCUT2D eigenvalue weighted by Gasteiger charge is 2.16. The van der Waals surface area contributed by atoms with Crippen molar-refractivity contribution >= 4 is 22.9 Å². The van der Waals surface area contributed by atoms with Gasteiger partial charge >= 0.3 is 0 Å². The molecule has 2 rings (SSSR count). The molecule has 0 aliphatic heterocycles. The van der Waals surface area contributed by atoms with E-state index in [1.54, 1.807) is 6.07 Å². The first-order chi connectivity index (χ1) is 8.60. The van der Waals surface area contributed by atoms with E-state index in [1.807, 2.05) is 25.1 Å². The molecule has 0 saturated heterocycles. The summed E-state index contributed by atoms with van der Waals surface area (Å²) in [5.74, 6) is 5.29. The Labute approximate surface area is 115 Å². The van der Waals surface area contributed by atoms with Gasteiger partial charge in [-0.1, -0.05) is 29.3 Å². The van der Waals surface area contributed by atoms with Crippen LogP contribution in [-0.4, -0.2) is 0 Å². The van der Waals surface area contributed by atoms with Crippen molar-refractivity contribution in [1.29, 1.82) is 0 Å². The Bertz CT molecular complexity index is 542. The lowest BCUT2D eigenvalue weighted by Crippen LogP contribution is -2.30. The van der Waals surface area contributed by atoms with E-state index < -0.39 is 0 Å². The standard InChI is InChI=1S/C13H14ClFN2S/c1-8-2-4-11(15)10(6-8)12(17-16)7-9-3-5-13(14)18-9/h2-6,12,17H,7,16H2,1H3. The van der Waals surface area contributed by atoms with Gasteiger partial charge in [-0.15, -0.1) is 11.3 Å². The van der Waals surface area contributed by atoms with E-state index in [1.165, 1.54) is 17.4 Å². The van der Waals surface area contributed by atoms with Gasteiger partial charge in [0.2, 0.25) is 0 Å². The topological polar surface area (TPSA) is 38.0 Å². The fourth-order valence-corrected chi connectivity index (χ4v) is 2.98. The van der Waals surface area contributed by atoms with Crippen LogP contribution in [0.5, 0.6) is 0 Å². The van der Waals surface area contributed by atoms with Gasteiger partial charge in [0.05, 0.1) is 10.4 Å². The van der Waals surface area contributed by atoms with Crippen molar-refractivity contribution in [3.63, 3.8) is 0 Å². The zero-order valence-corrected chi connectivity index (χ0v) is 11.5. The lowest BCUT2D eigenvalue weighted by molar-refractivity contribution is 0.512. The molecule has 0 bridgehead atoms. The summed E-state index contributed by atoms with van der Waals surface area (Å²) in [6, 6.07) is 8.55. The van der Waals surface area contributed by atoms with Crippen LogP contribution >= 0.6 is 22.9 Å². The maximum absolute atomic E-state index is 13.8. The summed E-state index contributed by atoms with van der Waals surface area (Å²) >= 11 is 7.37. The largest absolute Gasteiger partial charge is 0.271 e. The molecule has 96 valence electrons. The summed E-state index contributed by atoms with van der Waals surface area (Å²) in [6.07, 6.45) is 0.619. The Morgan fingerprint density at radius 2 is 2.17 bits per heavy atom. The van der Waals surface area contributed by atoms with Crippen molar-refractivity contribution in [1.82, 2.24) is 5.43 Å². The van der Waals surface area contributed by atoms with E-state index >= 15 is 0 Å². The summed E-state index contributed by atoms with van der Waals surface area (Å²) in [6.45, 7) is 1.93. The molecule has 0 fully saturated rings. The Morgan fingerprint density at radius 3 is 2.78 bits per heavy atom. The fourth-order valence-electron chi connectivity index (χ4n) is 1.85. The molecule has 1 heterocycles. The van der Waals surface area contributed by atoms with Crippen LogP contribution in [-0.2, 0) is 6.42 Å². The molecule has 1 aromatic carbocycles. The van der Waals surface area contributed by atoms with Gasteiger partial charge < -0.3 is 0 Å². The number of benzene rings is 1. The zero-order chi connectivity index (χ0) is 13.1. The molecular weight excluding hydrogens is 271 g/mol. The van der Waals surface area contributed by atoms with Gasteiger partial charge in [-0.25, -0.2) is 4.39 Å². The number of nitrogens with two attached hydrogens (primary N) is 1. The van der Waals surface area contributed by atoms with Crippen molar-refractivity contribution in [2.24, 2.45) is 5.84 Å². The number of hydrogen-bond donors (Lipinski definition) is 2. The van der Waals surface area contributed by atoms with E-state index in [0.717, 1.165) is 14.8 Å². The Morgan fingerprint density at radius 1 is 1.39 bits per heavy atom. The fraction of sp³-hybridized carbons (Fsp3) is 0.231. The van der Waals surface area contributed by atoms with E-state index in [9.17, 15) is 4.39 Å².